The lowest BCUT2D eigenvalue weighted by Gasteiger charge is -2.01. The molecule has 2 aromatic rings. The predicted octanol–water partition coefficient (Wildman–Crippen LogP) is 4.07. The average Bonchev–Trinajstić information content (AvgIpc) is 2.55. The molecule has 0 N–H and O–H groups in total. The smallest absolute Gasteiger partial charge is 0.119 e. The zero-order chi connectivity index (χ0) is 14.8. The summed E-state index contributed by atoms with van der Waals surface area (Å²) in [5, 5.41) is 3.93. The van der Waals surface area contributed by atoms with Gasteiger partial charge in [0.15, 0.2) is 0 Å². The van der Waals surface area contributed by atoms with Crippen molar-refractivity contribution >= 4 is 12.5 Å². The molecule has 0 bridgehead atoms. The summed E-state index contributed by atoms with van der Waals surface area (Å²) in [5.74, 6) is 0. The fraction of sp³-hybridized carbons (Fsp3) is 0.222. The molecule has 21 heavy (non-hydrogen) atoms. The van der Waals surface area contributed by atoms with Crippen LogP contribution in [0.5, 0.6) is 0 Å². The van der Waals surface area contributed by atoms with E-state index in [9.17, 15) is 4.79 Å². The summed E-state index contributed by atoms with van der Waals surface area (Å²) in [7, 11) is 0. The van der Waals surface area contributed by atoms with Gasteiger partial charge in [-0.25, -0.2) is 0 Å². The maximum absolute atomic E-state index is 10.1. The van der Waals surface area contributed by atoms with Gasteiger partial charge in [-0.05, 0) is 29.5 Å². The Kier molecular flexibility index (Phi) is 6.20. The summed E-state index contributed by atoms with van der Waals surface area (Å²) in [6, 6.07) is 18.4. The number of aldehydes is 1. The highest BCUT2D eigenvalue weighted by Crippen LogP contribution is 2.18. The van der Waals surface area contributed by atoms with E-state index in [1.54, 1.807) is 6.21 Å². The first-order valence-corrected chi connectivity index (χ1v) is 7.14. The maximum Gasteiger partial charge on any atom is 0.119 e. The van der Waals surface area contributed by atoms with Crippen molar-refractivity contribution < 1.29 is 9.63 Å². The van der Waals surface area contributed by atoms with Gasteiger partial charge in [0.1, 0.15) is 12.9 Å². The number of nitrogens with zero attached hydrogens (tertiary/aromatic N) is 1. The first-order valence-electron chi connectivity index (χ1n) is 7.14. The Bertz CT molecular complexity index is 562. The fourth-order valence-electron chi connectivity index (χ4n) is 1.94. The number of benzene rings is 2. The highest BCUT2D eigenvalue weighted by atomic mass is 16.6. The molecule has 0 aliphatic carbocycles. The molecule has 2 aromatic carbocycles. The number of carbonyl (C=O) groups excluding carboxylic acids is 1. The highest BCUT2D eigenvalue weighted by molar-refractivity contribution is 5.80. The van der Waals surface area contributed by atoms with Gasteiger partial charge in [0.2, 0.25) is 0 Å². The quantitative estimate of drug-likeness (QED) is 0.316. The zero-order valence-electron chi connectivity index (χ0n) is 11.9. The number of oxime groups is 1. The van der Waals surface area contributed by atoms with E-state index in [1.165, 1.54) is 11.1 Å². The van der Waals surface area contributed by atoms with Crippen molar-refractivity contribution in [2.45, 2.75) is 19.3 Å². The van der Waals surface area contributed by atoms with Crippen LogP contribution in [0.2, 0.25) is 0 Å². The summed E-state index contributed by atoms with van der Waals surface area (Å²) in [6.45, 7) is 0.548. The number of hydrogen-bond donors (Lipinski definition) is 0. The molecule has 108 valence electrons. The number of unbranched alkanes of at least 4 members (excludes halogenated alkanes) is 2. The minimum absolute atomic E-state index is 0.548. The second-order valence-corrected chi connectivity index (χ2v) is 4.72. The Morgan fingerprint density at radius 2 is 1.62 bits per heavy atom. The van der Waals surface area contributed by atoms with Gasteiger partial charge in [0.05, 0.1) is 6.21 Å². The number of rotatable bonds is 8. The second kappa shape index (κ2) is 8.69. The second-order valence-electron chi connectivity index (χ2n) is 4.72. The Balaban J connectivity index is 1.81. The third-order valence-electron chi connectivity index (χ3n) is 3.10. The third kappa shape index (κ3) is 5.22. The minimum Gasteiger partial charge on any atom is -0.396 e. The van der Waals surface area contributed by atoms with Crippen molar-refractivity contribution in [3.8, 4) is 11.1 Å². The molecular formula is C18H19NO2. The molecule has 0 saturated heterocycles. The Labute approximate surface area is 125 Å². The van der Waals surface area contributed by atoms with Gasteiger partial charge in [-0.15, -0.1) is 0 Å². The van der Waals surface area contributed by atoms with Crippen LogP contribution in [0.3, 0.4) is 0 Å². The Morgan fingerprint density at radius 1 is 0.905 bits per heavy atom. The minimum atomic E-state index is 0.548. The number of carbonyl (C=O) groups is 1. The fourth-order valence-corrected chi connectivity index (χ4v) is 1.94. The summed E-state index contributed by atoms with van der Waals surface area (Å²) >= 11 is 0. The summed E-state index contributed by atoms with van der Waals surface area (Å²) in [6.07, 6.45) is 4.92. The topological polar surface area (TPSA) is 38.7 Å². The number of hydrogen-bond acceptors (Lipinski definition) is 3. The lowest BCUT2D eigenvalue weighted by molar-refractivity contribution is -0.108. The first-order chi connectivity index (χ1) is 10.4. The highest BCUT2D eigenvalue weighted by Gasteiger charge is 1.96. The monoisotopic (exact) mass is 281 g/mol. The van der Waals surface area contributed by atoms with Gasteiger partial charge >= 0.3 is 0 Å². The van der Waals surface area contributed by atoms with Crippen molar-refractivity contribution in [2.75, 3.05) is 6.61 Å². The standard InChI is InChI=1S/C18H19NO2/c20-13-5-2-6-14-21-19-15-16-9-11-18(12-10-16)17-7-3-1-4-8-17/h1,3-4,7-13,15H,2,5-6,14H2/b19-15+. The molecule has 3 heteroatoms. The third-order valence-corrected chi connectivity index (χ3v) is 3.10. The Hall–Kier alpha value is -2.42. The van der Waals surface area contributed by atoms with E-state index in [-0.39, 0.29) is 0 Å². The lowest BCUT2D eigenvalue weighted by atomic mass is 10.0. The van der Waals surface area contributed by atoms with Crippen LogP contribution in [0, 0.1) is 0 Å². The largest absolute Gasteiger partial charge is 0.396 e. The van der Waals surface area contributed by atoms with Crippen molar-refractivity contribution in [2.24, 2.45) is 5.16 Å². The molecule has 2 rings (SSSR count). The molecule has 0 aliphatic heterocycles. The first kappa shape index (κ1) is 15.0. The van der Waals surface area contributed by atoms with E-state index in [1.807, 2.05) is 30.3 Å². The molecule has 0 saturated carbocycles. The molecular weight excluding hydrogens is 262 g/mol. The van der Waals surface area contributed by atoms with Gasteiger partial charge in [-0.2, -0.15) is 0 Å². The molecule has 0 radical (unpaired) electrons. The van der Waals surface area contributed by atoms with Gasteiger partial charge in [0, 0.05) is 6.42 Å². The Morgan fingerprint density at radius 3 is 2.33 bits per heavy atom. The SMILES string of the molecule is O=CCCCCO/N=C/c1ccc(-c2ccccc2)cc1. The van der Waals surface area contributed by atoms with Crippen LogP contribution in [0.4, 0.5) is 0 Å². The molecule has 0 fully saturated rings. The van der Waals surface area contributed by atoms with E-state index in [0.717, 1.165) is 24.7 Å². The van der Waals surface area contributed by atoms with Crippen LogP contribution in [0.25, 0.3) is 11.1 Å². The molecule has 0 aromatic heterocycles. The van der Waals surface area contributed by atoms with Crippen LogP contribution in [0.15, 0.2) is 59.8 Å². The summed E-state index contributed by atoms with van der Waals surface area (Å²) in [5.41, 5.74) is 3.39. The summed E-state index contributed by atoms with van der Waals surface area (Å²) in [4.78, 5) is 15.3. The molecule has 0 unspecified atom stereocenters. The van der Waals surface area contributed by atoms with E-state index in [0.29, 0.717) is 13.0 Å². The van der Waals surface area contributed by atoms with Crippen molar-refractivity contribution in [1.82, 2.24) is 0 Å². The van der Waals surface area contributed by atoms with Crippen LogP contribution >= 0.6 is 0 Å². The van der Waals surface area contributed by atoms with Crippen LogP contribution in [-0.4, -0.2) is 19.1 Å². The predicted molar refractivity (Wildman–Crippen MR) is 85.3 cm³/mol. The lowest BCUT2D eigenvalue weighted by Crippen LogP contribution is -1.90. The van der Waals surface area contributed by atoms with Gasteiger partial charge in [-0.1, -0.05) is 59.8 Å². The van der Waals surface area contributed by atoms with Gasteiger partial charge in [-0.3, -0.25) is 0 Å². The van der Waals surface area contributed by atoms with Crippen molar-refractivity contribution in [3.63, 3.8) is 0 Å². The van der Waals surface area contributed by atoms with Crippen molar-refractivity contribution in [1.29, 1.82) is 0 Å². The van der Waals surface area contributed by atoms with E-state index in [2.05, 4.69) is 29.4 Å². The van der Waals surface area contributed by atoms with Crippen LogP contribution < -0.4 is 0 Å². The maximum atomic E-state index is 10.1. The van der Waals surface area contributed by atoms with Crippen LogP contribution in [0.1, 0.15) is 24.8 Å². The summed E-state index contributed by atoms with van der Waals surface area (Å²) < 4.78 is 0. The molecule has 0 heterocycles. The van der Waals surface area contributed by atoms with Gasteiger partial charge < -0.3 is 9.63 Å². The van der Waals surface area contributed by atoms with Crippen molar-refractivity contribution in [3.05, 3.63) is 60.2 Å². The average molecular weight is 281 g/mol. The molecule has 0 spiro atoms. The zero-order valence-corrected chi connectivity index (χ0v) is 11.9. The van der Waals surface area contributed by atoms with E-state index < -0.39 is 0 Å². The van der Waals surface area contributed by atoms with Crippen LogP contribution in [-0.2, 0) is 9.63 Å². The molecule has 0 amide bonds. The molecule has 0 aliphatic rings. The molecule has 3 nitrogen and oxygen atoms in total. The van der Waals surface area contributed by atoms with Gasteiger partial charge in [0.25, 0.3) is 0 Å². The molecule has 0 atom stereocenters. The van der Waals surface area contributed by atoms with E-state index >= 15 is 0 Å². The normalized spacial score (nSPS) is 10.7. The van der Waals surface area contributed by atoms with E-state index in [4.69, 9.17) is 4.84 Å².